The first-order valence-corrected chi connectivity index (χ1v) is 8.86. The fourth-order valence-corrected chi connectivity index (χ4v) is 3.08. The van der Waals surface area contributed by atoms with Gasteiger partial charge >= 0.3 is 5.97 Å². The van der Waals surface area contributed by atoms with Gasteiger partial charge in [0, 0.05) is 11.9 Å². The van der Waals surface area contributed by atoms with Crippen LogP contribution in [0.3, 0.4) is 0 Å². The number of pyridine rings is 1. The van der Waals surface area contributed by atoms with Crippen LogP contribution in [0.4, 0.5) is 11.5 Å². The second-order valence-electron chi connectivity index (χ2n) is 6.08. The lowest BCUT2D eigenvalue weighted by Gasteiger charge is -2.15. The third-order valence-corrected chi connectivity index (χ3v) is 4.43. The number of allylic oxidation sites excluding steroid dienone is 1. The number of nitrogens with zero attached hydrogens (tertiary/aromatic N) is 1. The standard InChI is InChI=1S/C22H19ClN2O2/c1-3-7-16-10-18(12-19(14(16)2)15-8-5-4-6-9-15)25-21-20(22(26)27)11-17(23)13-24-21/h3-13H,1-2H3,(H,24,25)(H,26,27)/b7-3-. The molecule has 0 bridgehead atoms. The van der Waals surface area contributed by atoms with E-state index in [4.69, 9.17) is 11.6 Å². The van der Waals surface area contributed by atoms with Crippen molar-refractivity contribution in [1.82, 2.24) is 4.98 Å². The predicted molar refractivity (Wildman–Crippen MR) is 111 cm³/mol. The Labute approximate surface area is 163 Å². The van der Waals surface area contributed by atoms with Crippen molar-refractivity contribution >= 4 is 35.2 Å². The van der Waals surface area contributed by atoms with Crippen molar-refractivity contribution < 1.29 is 9.90 Å². The molecule has 0 aliphatic heterocycles. The summed E-state index contributed by atoms with van der Waals surface area (Å²) >= 11 is 5.89. The third-order valence-electron chi connectivity index (χ3n) is 4.23. The highest BCUT2D eigenvalue weighted by molar-refractivity contribution is 6.30. The van der Waals surface area contributed by atoms with Crippen LogP contribution < -0.4 is 5.32 Å². The van der Waals surface area contributed by atoms with Crippen LogP contribution in [0.2, 0.25) is 5.02 Å². The van der Waals surface area contributed by atoms with Gasteiger partial charge in [0.1, 0.15) is 11.4 Å². The maximum atomic E-state index is 11.5. The number of carboxylic acids is 1. The summed E-state index contributed by atoms with van der Waals surface area (Å²) in [4.78, 5) is 15.7. The summed E-state index contributed by atoms with van der Waals surface area (Å²) in [7, 11) is 0. The first kappa shape index (κ1) is 18.7. The molecule has 0 amide bonds. The molecule has 0 saturated carbocycles. The molecule has 1 aromatic heterocycles. The van der Waals surface area contributed by atoms with Crippen molar-refractivity contribution in [3.8, 4) is 11.1 Å². The molecule has 5 heteroatoms. The van der Waals surface area contributed by atoms with Crippen molar-refractivity contribution in [2.24, 2.45) is 0 Å². The molecule has 0 aliphatic rings. The van der Waals surface area contributed by atoms with Gasteiger partial charge in [-0.2, -0.15) is 0 Å². The molecule has 2 N–H and O–H groups in total. The van der Waals surface area contributed by atoms with E-state index in [1.165, 1.54) is 12.3 Å². The Kier molecular flexibility index (Phi) is 5.57. The van der Waals surface area contributed by atoms with Crippen LogP contribution in [0.5, 0.6) is 0 Å². The summed E-state index contributed by atoms with van der Waals surface area (Å²) in [6.45, 7) is 4.04. The SMILES string of the molecule is C/C=C\c1cc(Nc2ncc(Cl)cc2C(=O)O)cc(-c2ccccc2)c1C. The van der Waals surface area contributed by atoms with Crippen LogP contribution in [0, 0.1) is 6.92 Å². The molecule has 3 aromatic rings. The van der Waals surface area contributed by atoms with E-state index in [0.29, 0.717) is 0 Å². The van der Waals surface area contributed by atoms with Crippen LogP contribution in [-0.2, 0) is 0 Å². The Bertz CT molecular complexity index is 1010. The monoisotopic (exact) mass is 378 g/mol. The van der Waals surface area contributed by atoms with Crippen molar-refractivity contribution in [3.05, 3.63) is 82.5 Å². The van der Waals surface area contributed by atoms with E-state index in [1.807, 2.05) is 49.4 Å². The molecule has 136 valence electrons. The summed E-state index contributed by atoms with van der Waals surface area (Å²) in [5.41, 5.74) is 5.13. The Morgan fingerprint density at radius 3 is 2.59 bits per heavy atom. The quantitative estimate of drug-likeness (QED) is 0.556. The van der Waals surface area contributed by atoms with Gasteiger partial charge in [-0.05, 0) is 54.3 Å². The van der Waals surface area contributed by atoms with Crippen molar-refractivity contribution in [2.75, 3.05) is 5.32 Å². The fraction of sp³-hybridized carbons (Fsp3) is 0.0909. The minimum Gasteiger partial charge on any atom is -0.478 e. The molecule has 0 unspecified atom stereocenters. The van der Waals surface area contributed by atoms with E-state index < -0.39 is 5.97 Å². The summed E-state index contributed by atoms with van der Waals surface area (Å²) in [6.07, 6.45) is 5.43. The van der Waals surface area contributed by atoms with Gasteiger partial charge in [-0.1, -0.05) is 54.1 Å². The number of carbonyl (C=O) groups is 1. The summed E-state index contributed by atoms with van der Waals surface area (Å²) in [6, 6.07) is 15.4. The summed E-state index contributed by atoms with van der Waals surface area (Å²) < 4.78 is 0. The topological polar surface area (TPSA) is 62.2 Å². The lowest BCUT2D eigenvalue weighted by Crippen LogP contribution is -2.05. The van der Waals surface area contributed by atoms with Crippen molar-refractivity contribution in [1.29, 1.82) is 0 Å². The number of benzene rings is 2. The van der Waals surface area contributed by atoms with Crippen molar-refractivity contribution in [2.45, 2.75) is 13.8 Å². The number of hydrogen-bond donors (Lipinski definition) is 2. The summed E-state index contributed by atoms with van der Waals surface area (Å²) in [5, 5.41) is 12.8. The number of hydrogen-bond acceptors (Lipinski definition) is 3. The molecule has 0 spiro atoms. The zero-order valence-electron chi connectivity index (χ0n) is 15.0. The number of aromatic nitrogens is 1. The normalized spacial score (nSPS) is 10.9. The fourth-order valence-electron chi connectivity index (χ4n) is 2.92. The molecule has 4 nitrogen and oxygen atoms in total. The molecule has 0 aliphatic carbocycles. The summed E-state index contributed by atoms with van der Waals surface area (Å²) in [5.74, 6) is -0.835. The maximum absolute atomic E-state index is 11.5. The van der Waals surface area contributed by atoms with Gasteiger partial charge < -0.3 is 10.4 Å². The number of nitrogens with one attached hydrogen (secondary N) is 1. The highest BCUT2D eigenvalue weighted by Gasteiger charge is 2.14. The molecular weight excluding hydrogens is 360 g/mol. The van der Waals surface area contributed by atoms with E-state index in [9.17, 15) is 9.90 Å². The van der Waals surface area contributed by atoms with E-state index in [1.54, 1.807) is 0 Å². The van der Waals surface area contributed by atoms with Gasteiger partial charge in [0.25, 0.3) is 0 Å². The molecular formula is C22H19ClN2O2. The third kappa shape index (κ3) is 4.18. The molecule has 0 radical (unpaired) electrons. The number of carboxylic acid groups (broad SMARTS) is 1. The Hall–Kier alpha value is -3.11. The average molecular weight is 379 g/mol. The number of anilines is 2. The van der Waals surface area contributed by atoms with Gasteiger partial charge in [0.15, 0.2) is 0 Å². The highest BCUT2D eigenvalue weighted by atomic mass is 35.5. The zero-order valence-corrected chi connectivity index (χ0v) is 15.8. The molecule has 27 heavy (non-hydrogen) atoms. The van der Waals surface area contributed by atoms with Gasteiger partial charge in [0.05, 0.1) is 5.02 Å². The van der Waals surface area contributed by atoms with Crippen LogP contribution in [0.1, 0.15) is 28.4 Å². The van der Waals surface area contributed by atoms with Crippen LogP contribution in [0.25, 0.3) is 17.2 Å². The van der Waals surface area contributed by atoms with Gasteiger partial charge in [-0.15, -0.1) is 0 Å². The van der Waals surface area contributed by atoms with E-state index in [-0.39, 0.29) is 16.4 Å². The van der Waals surface area contributed by atoms with Gasteiger partial charge in [-0.3, -0.25) is 0 Å². The van der Waals surface area contributed by atoms with Crippen LogP contribution in [0.15, 0.2) is 60.8 Å². The maximum Gasteiger partial charge on any atom is 0.339 e. The molecule has 0 atom stereocenters. The molecule has 2 aromatic carbocycles. The lowest BCUT2D eigenvalue weighted by atomic mass is 9.95. The zero-order chi connectivity index (χ0) is 19.4. The van der Waals surface area contributed by atoms with Gasteiger partial charge in [-0.25, -0.2) is 9.78 Å². The van der Waals surface area contributed by atoms with Crippen LogP contribution >= 0.6 is 11.6 Å². The lowest BCUT2D eigenvalue weighted by molar-refractivity contribution is 0.0697. The van der Waals surface area contributed by atoms with Crippen molar-refractivity contribution in [3.63, 3.8) is 0 Å². The second-order valence-corrected chi connectivity index (χ2v) is 6.52. The Balaban J connectivity index is 2.12. The first-order valence-electron chi connectivity index (χ1n) is 8.48. The highest BCUT2D eigenvalue weighted by Crippen LogP contribution is 2.32. The van der Waals surface area contributed by atoms with Gasteiger partial charge in [0.2, 0.25) is 0 Å². The average Bonchev–Trinajstić information content (AvgIpc) is 2.66. The number of aromatic carboxylic acids is 1. The number of halogens is 1. The predicted octanol–water partition coefficient (Wildman–Crippen LogP) is 6.19. The molecule has 0 saturated heterocycles. The smallest absolute Gasteiger partial charge is 0.339 e. The first-order chi connectivity index (χ1) is 13.0. The molecule has 3 rings (SSSR count). The van der Waals surface area contributed by atoms with Crippen LogP contribution in [-0.4, -0.2) is 16.1 Å². The minimum atomic E-state index is -1.09. The van der Waals surface area contributed by atoms with E-state index in [2.05, 4.69) is 29.4 Å². The molecule has 0 fully saturated rings. The minimum absolute atomic E-state index is 0.0249. The second kappa shape index (κ2) is 8.06. The Morgan fingerprint density at radius 2 is 1.93 bits per heavy atom. The Morgan fingerprint density at radius 1 is 1.19 bits per heavy atom. The molecule has 1 heterocycles. The number of rotatable bonds is 5. The van der Waals surface area contributed by atoms with E-state index in [0.717, 1.165) is 27.9 Å². The largest absolute Gasteiger partial charge is 0.478 e. The van der Waals surface area contributed by atoms with E-state index >= 15 is 0 Å².